The third-order valence-electron chi connectivity index (χ3n) is 3.30. The molecule has 5 heteroatoms. The van der Waals surface area contributed by atoms with Gasteiger partial charge in [-0.1, -0.05) is 12.1 Å². The third kappa shape index (κ3) is 2.68. The van der Waals surface area contributed by atoms with Crippen LogP contribution in [-0.2, 0) is 13.2 Å². The van der Waals surface area contributed by atoms with Crippen molar-refractivity contribution in [3.63, 3.8) is 0 Å². The van der Waals surface area contributed by atoms with E-state index in [1.54, 1.807) is 7.11 Å². The smallest absolute Gasteiger partial charge is 0.151 e. The van der Waals surface area contributed by atoms with E-state index in [9.17, 15) is 0 Å². The SMILES string of the molecule is COc1cccc(OCc2nc(CN)c3ccccn23)c1. The van der Waals surface area contributed by atoms with Crippen molar-refractivity contribution >= 4 is 5.52 Å². The number of hydrogen-bond donors (Lipinski definition) is 1. The number of benzene rings is 1. The number of rotatable bonds is 5. The average Bonchev–Trinajstić information content (AvgIpc) is 2.91. The third-order valence-corrected chi connectivity index (χ3v) is 3.30. The largest absolute Gasteiger partial charge is 0.497 e. The van der Waals surface area contributed by atoms with Gasteiger partial charge in [0.25, 0.3) is 0 Å². The number of imidazole rings is 1. The van der Waals surface area contributed by atoms with Crippen LogP contribution in [0.4, 0.5) is 0 Å². The van der Waals surface area contributed by atoms with Crippen LogP contribution in [-0.4, -0.2) is 16.5 Å². The van der Waals surface area contributed by atoms with Crippen LogP contribution in [0, 0.1) is 0 Å². The first-order valence-corrected chi connectivity index (χ1v) is 6.73. The van der Waals surface area contributed by atoms with Crippen molar-refractivity contribution in [1.82, 2.24) is 9.38 Å². The highest BCUT2D eigenvalue weighted by atomic mass is 16.5. The van der Waals surface area contributed by atoms with E-state index in [1.807, 2.05) is 53.1 Å². The summed E-state index contributed by atoms with van der Waals surface area (Å²) in [4.78, 5) is 4.55. The second kappa shape index (κ2) is 5.85. The van der Waals surface area contributed by atoms with E-state index in [4.69, 9.17) is 15.2 Å². The zero-order valence-corrected chi connectivity index (χ0v) is 11.8. The number of ether oxygens (including phenoxy) is 2. The fraction of sp³-hybridized carbons (Fsp3) is 0.188. The van der Waals surface area contributed by atoms with E-state index in [-0.39, 0.29) is 0 Å². The average molecular weight is 283 g/mol. The van der Waals surface area contributed by atoms with Crippen molar-refractivity contribution in [2.75, 3.05) is 7.11 Å². The van der Waals surface area contributed by atoms with E-state index >= 15 is 0 Å². The van der Waals surface area contributed by atoms with Crippen LogP contribution in [0.15, 0.2) is 48.7 Å². The summed E-state index contributed by atoms with van der Waals surface area (Å²) in [6, 6.07) is 13.5. The maximum absolute atomic E-state index is 5.80. The monoisotopic (exact) mass is 283 g/mol. The predicted octanol–water partition coefficient (Wildman–Crippen LogP) is 2.38. The molecule has 0 atom stereocenters. The molecule has 0 saturated heterocycles. The van der Waals surface area contributed by atoms with Crippen LogP contribution in [0.5, 0.6) is 11.5 Å². The minimum Gasteiger partial charge on any atom is -0.497 e. The minimum absolute atomic E-state index is 0.373. The number of fused-ring (bicyclic) bond motifs is 1. The molecule has 2 N–H and O–H groups in total. The Morgan fingerprint density at radius 2 is 2.00 bits per heavy atom. The van der Waals surface area contributed by atoms with Gasteiger partial charge in [0.05, 0.1) is 18.3 Å². The van der Waals surface area contributed by atoms with Gasteiger partial charge in [0.2, 0.25) is 0 Å². The molecule has 108 valence electrons. The fourth-order valence-corrected chi connectivity index (χ4v) is 2.26. The first-order valence-electron chi connectivity index (χ1n) is 6.73. The minimum atomic E-state index is 0.373. The molecule has 0 fully saturated rings. The number of nitrogens with zero attached hydrogens (tertiary/aromatic N) is 2. The summed E-state index contributed by atoms with van der Waals surface area (Å²) in [6.45, 7) is 0.783. The molecule has 3 aromatic rings. The van der Waals surface area contributed by atoms with Crippen LogP contribution in [0.2, 0.25) is 0 Å². The summed E-state index contributed by atoms with van der Waals surface area (Å²) in [6.07, 6.45) is 1.96. The van der Waals surface area contributed by atoms with Gasteiger partial charge in [-0.05, 0) is 24.3 Å². The van der Waals surface area contributed by atoms with Crippen LogP contribution in [0.3, 0.4) is 0 Å². The van der Waals surface area contributed by atoms with Gasteiger partial charge in [0.1, 0.15) is 18.1 Å². The second-order valence-electron chi connectivity index (χ2n) is 4.60. The van der Waals surface area contributed by atoms with Gasteiger partial charge in [-0.15, -0.1) is 0 Å². The van der Waals surface area contributed by atoms with E-state index in [0.717, 1.165) is 28.5 Å². The first kappa shape index (κ1) is 13.5. The highest BCUT2D eigenvalue weighted by Gasteiger charge is 2.09. The van der Waals surface area contributed by atoms with Gasteiger partial charge in [0.15, 0.2) is 5.82 Å². The van der Waals surface area contributed by atoms with Crippen LogP contribution >= 0.6 is 0 Å². The molecule has 0 amide bonds. The molecule has 0 aliphatic carbocycles. The lowest BCUT2D eigenvalue weighted by Crippen LogP contribution is -2.01. The number of hydrogen-bond acceptors (Lipinski definition) is 4. The lowest BCUT2D eigenvalue weighted by atomic mass is 10.3. The summed E-state index contributed by atoms with van der Waals surface area (Å²) < 4.78 is 13.0. The van der Waals surface area contributed by atoms with E-state index in [1.165, 1.54) is 0 Å². The quantitative estimate of drug-likeness (QED) is 0.781. The zero-order chi connectivity index (χ0) is 14.7. The Hall–Kier alpha value is -2.53. The lowest BCUT2D eigenvalue weighted by Gasteiger charge is -2.07. The number of pyridine rings is 1. The molecule has 0 aliphatic heterocycles. The Kier molecular flexibility index (Phi) is 3.75. The topological polar surface area (TPSA) is 61.8 Å². The fourth-order valence-electron chi connectivity index (χ4n) is 2.26. The molecule has 1 aromatic carbocycles. The zero-order valence-electron chi connectivity index (χ0n) is 11.8. The summed E-state index contributed by atoms with van der Waals surface area (Å²) >= 11 is 0. The van der Waals surface area contributed by atoms with E-state index in [2.05, 4.69) is 4.98 Å². The van der Waals surface area contributed by atoms with Crippen molar-refractivity contribution in [3.8, 4) is 11.5 Å². The van der Waals surface area contributed by atoms with Crippen molar-refractivity contribution in [2.24, 2.45) is 5.73 Å². The van der Waals surface area contributed by atoms with Gasteiger partial charge in [-0.25, -0.2) is 4.98 Å². The van der Waals surface area contributed by atoms with Gasteiger partial charge in [-0.2, -0.15) is 0 Å². The summed E-state index contributed by atoms with van der Waals surface area (Å²) in [5.41, 5.74) is 7.63. The Balaban J connectivity index is 1.85. The maximum Gasteiger partial charge on any atom is 0.151 e. The van der Waals surface area contributed by atoms with Crippen molar-refractivity contribution in [1.29, 1.82) is 0 Å². The van der Waals surface area contributed by atoms with Crippen molar-refractivity contribution in [2.45, 2.75) is 13.2 Å². The Morgan fingerprint density at radius 1 is 1.14 bits per heavy atom. The normalized spacial score (nSPS) is 10.8. The Labute approximate surface area is 122 Å². The van der Waals surface area contributed by atoms with E-state index in [0.29, 0.717) is 13.2 Å². The van der Waals surface area contributed by atoms with Crippen LogP contribution in [0.25, 0.3) is 5.52 Å². The Bertz CT molecular complexity index is 752. The van der Waals surface area contributed by atoms with Crippen molar-refractivity contribution in [3.05, 3.63) is 60.2 Å². The molecule has 0 spiro atoms. The first-order chi connectivity index (χ1) is 10.3. The molecule has 21 heavy (non-hydrogen) atoms. The lowest BCUT2D eigenvalue weighted by molar-refractivity contribution is 0.293. The van der Waals surface area contributed by atoms with Gasteiger partial charge in [-0.3, -0.25) is 0 Å². The summed E-state index contributed by atoms with van der Waals surface area (Å²) in [5.74, 6) is 2.34. The molecule has 2 aromatic heterocycles. The molecule has 3 rings (SSSR count). The summed E-state index contributed by atoms with van der Waals surface area (Å²) in [7, 11) is 1.63. The van der Waals surface area contributed by atoms with E-state index < -0.39 is 0 Å². The molecule has 0 aliphatic rings. The number of methoxy groups -OCH3 is 1. The molecule has 0 unspecified atom stereocenters. The Morgan fingerprint density at radius 3 is 2.81 bits per heavy atom. The standard InChI is InChI=1S/C16H17N3O2/c1-20-12-5-4-6-13(9-12)21-11-16-18-14(10-17)15-7-2-3-8-19(15)16/h2-9H,10-11,17H2,1H3. The van der Waals surface area contributed by atoms with Crippen molar-refractivity contribution < 1.29 is 9.47 Å². The highest BCUT2D eigenvalue weighted by molar-refractivity contribution is 5.53. The van der Waals surface area contributed by atoms with Gasteiger partial charge in [0, 0.05) is 18.8 Å². The molecule has 2 heterocycles. The molecule has 5 nitrogen and oxygen atoms in total. The molecule has 0 bridgehead atoms. The van der Waals surface area contributed by atoms with Crippen LogP contribution < -0.4 is 15.2 Å². The summed E-state index contributed by atoms with van der Waals surface area (Å²) in [5, 5.41) is 0. The molecular weight excluding hydrogens is 266 g/mol. The van der Waals surface area contributed by atoms with Crippen LogP contribution in [0.1, 0.15) is 11.5 Å². The maximum atomic E-state index is 5.80. The molecule has 0 radical (unpaired) electrons. The van der Waals surface area contributed by atoms with Gasteiger partial charge >= 0.3 is 0 Å². The number of aromatic nitrogens is 2. The predicted molar refractivity (Wildman–Crippen MR) is 80.4 cm³/mol. The molecular formula is C16H17N3O2. The molecule has 0 saturated carbocycles. The second-order valence-corrected chi connectivity index (χ2v) is 4.60. The number of nitrogens with two attached hydrogens (primary N) is 1. The van der Waals surface area contributed by atoms with Gasteiger partial charge < -0.3 is 19.6 Å². The highest BCUT2D eigenvalue weighted by Crippen LogP contribution is 2.20.